The zero-order chi connectivity index (χ0) is 16.9. The summed E-state index contributed by atoms with van der Waals surface area (Å²) in [5.74, 6) is -0.260. The Morgan fingerprint density at radius 2 is 1.50 bits per heavy atom. The Kier molecular flexibility index (Phi) is 12.1. The molecule has 0 aliphatic heterocycles. The van der Waals surface area contributed by atoms with Crippen LogP contribution in [0.2, 0.25) is 0 Å². The highest BCUT2D eigenvalue weighted by atomic mass is 32.2. The van der Waals surface area contributed by atoms with E-state index in [2.05, 4.69) is 20.9 Å². The highest BCUT2D eigenvalue weighted by Crippen LogP contribution is 2.08. The van der Waals surface area contributed by atoms with E-state index in [1.54, 1.807) is 0 Å². The summed E-state index contributed by atoms with van der Waals surface area (Å²) in [4.78, 5) is 0. The largest absolute Gasteiger partial charge is 0.748 e. The Morgan fingerprint density at radius 3 is 2.05 bits per heavy atom. The van der Waals surface area contributed by atoms with Crippen LogP contribution < -0.4 is 0 Å². The van der Waals surface area contributed by atoms with Gasteiger partial charge in [0.05, 0.1) is 50.1 Å². The van der Waals surface area contributed by atoms with E-state index in [0.29, 0.717) is 26.2 Å². The fourth-order valence-electron chi connectivity index (χ4n) is 2.40. The SMILES string of the molecule is CCCOCCOCC[N+](C)(CCC)CCCCS(=O)(=O)[O-]. The predicted molar refractivity (Wildman–Crippen MR) is 86.8 cm³/mol. The molecule has 0 radical (unpaired) electrons. The monoisotopic (exact) mass is 339 g/mol. The zero-order valence-corrected chi connectivity index (χ0v) is 15.2. The summed E-state index contributed by atoms with van der Waals surface area (Å²) in [6, 6.07) is 0. The first-order valence-corrected chi connectivity index (χ1v) is 9.83. The number of likely N-dealkylation sites (N-methyl/N-ethyl adjacent to an activating group) is 1. The number of hydrogen-bond donors (Lipinski definition) is 0. The van der Waals surface area contributed by atoms with Gasteiger partial charge in [0, 0.05) is 12.4 Å². The molecule has 7 heteroatoms. The summed E-state index contributed by atoms with van der Waals surface area (Å²) < 4.78 is 43.6. The normalized spacial score (nSPS) is 14.9. The maximum atomic E-state index is 10.6. The molecule has 0 heterocycles. The van der Waals surface area contributed by atoms with Crippen molar-refractivity contribution >= 4 is 10.1 Å². The van der Waals surface area contributed by atoms with Crippen LogP contribution in [0.1, 0.15) is 39.5 Å². The number of hydrogen-bond acceptors (Lipinski definition) is 5. The summed E-state index contributed by atoms with van der Waals surface area (Å²) in [6.45, 7) is 9.70. The first kappa shape index (κ1) is 21.8. The van der Waals surface area contributed by atoms with Gasteiger partial charge in [-0.25, -0.2) is 8.42 Å². The lowest BCUT2D eigenvalue weighted by Gasteiger charge is -2.34. The van der Waals surface area contributed by atoms with Crippen molar-refractivity contribution in [3.05, 3.63) is 0 Å². The van der Waals surface area contributed by atoms with Crippen LogP contribution in [0.25, 0.3) is 0 Å². The Hall–Kier alpha value is -0.210. The Bertz CT molecular complexity index is 361. The number of quaternary nitrogens is 1. The van der Waals surface area contributed by atoms with Crippen molar-refractivity contribution in [1.29, 1.82) is 0 Å². The molecule has 22 heavy (non-hydrogen) atoms. The Balaban J connectivity index is 3.89. The minimum Gasteiger partial charge on any atom is -0.748 e. The van der Waals surface area contributed by atoms with Crippen molar-refractivity contribution in [2.24, 2.45) is 0 Å². The minimum absolute atomic E-state index is 0.260. The molecule has 0 amide bonds. The molecule has 134 valence electrons. The van der Waals surface area contributed by atoms with Crippen molar-refractivity contribution in [1.82, 2.24) is 0 Å². The molecule has 1 atom stereocenters. The van der Waals surface area contributed by atoms with Crippen LogP contribution in [0.4, 0.5) is 0 Å². The Morgan fingerprint density at radius 1 is 0.864 bits per heavy atom. The lowest BCUT2D eigenvalue weighted by atomic mass is 10.2. The van der Waals surface area contributed by atoms with Gasteiger partial charge in [-0.3, -0.25) is 0 Å². The average Bonchev–Trinajstić information content (AvgIpc) is 2.42. The van der Waals surface area contributed by atoms with Gasteiger partial charge in [-0.05, 0) is 25.7 Å². The van der Waals surface area contributed by atoms with E-state index >= 15 is 0 Å². The van der Waals surface area contributed by atoms with Crippen molar-refractivity contribution in [3.63, 3.8) is 0 Å². The van der Waals surface area contributed by atoms with Crippen LogP contribution in [-0.2, 0) is 19.6 Å². The maximum Gasteiger partial charge on any atom is 0.102 e. The summed E-state index contributed by atoms with van der Waals surface area (Å²) in [5, 5.41) is 0. The van der Waals surface area contributed by atoms with Crippen LogP contribution in [0.15, 0.2) is 0 Å². The van der Waals surface area contributed by atoms with Gasteiger partial charge in [0.25, 0.3) is 0 Å². The maximum absolute atomic E-state index is 10.6. The van der Waals surface area contributed by atoms with Gasteiger partial charge in [0.15, 0.2) is 0 Å². The highest BCUT2D eigenvalue weighted by molar-refractivity contribution is 7.85. The number of ether oxygens (including phenoxy) is 2. The quantitative estimate of drug-likeness (QED) is 0.257. The molecule has 0 saturated carbocycles. The summed E-state index contributed by atoms with van der Waals surface area (Å²) in [5.41, 5.74) is 0. The molecule has 0 aromatic heterocycles. The molecule has 0 rings (SSSR count). The summed E-state index contributed by atoms with van der Waals surface area (Å²) in [7, 11) is -1.92. The van der Waals surface area contributed by atoms with Crippen molar-refractivity contribution in [2.45, 2.75) is 39.5 Å². The molecule has 0 aromatic carbocycles. The molecule has 0 aliphatic carbocycles. The lowest BCUT2D eigenvalue weighted by Crippen LogP contribution is -2.47. The van der Waals surface area contributed by atoms with Crippen molar-refractivity contribution in [3.8, 4) is 0 Å². The molecule has 1 unspecified atom stereocenters. The van der Waals surface area contributed by atoms with Gasteiger partial charge in [-0.15, -0.1) is 0 Å². The third-order valence-electron chi connectivity index (χ3n) is 3.60. The topological polar surface area (TPSA) is 75.7 Å². The van der Waals surface area contributed by atoms with Gasteiger partial charge >= 0.3 is 0 Å². The third-order valence-corrected chi connectivity index (χ3v) is 4.39. The second kappa shape index (κ2) is 12.2. The second-order valence-electron chi connectivity index (χ2n) is 5.98. The first-order chi connectivity index (χ1) is 10.3. The van der Waals surface area contributed by atoms with E-state index in [1.807, 2.05) is 0 Å². The molecule has 6 nitrogen and oxygen atoms in total. The number of nitrogens with zero attached hydrogens (tertiary/aromatic N) is 1. The average molecular weight is 339 g/mol. The summed E-state index contributed by atoms with van der Waals surface area (Å²) in [6.07, 6.45) is 3.27. The molecular weight excluding hydrogens is 306 g/mol. The number of rotatable bonds is 15. The highest BCUT2D eigenvalue weighted by Gasteiger charge is 2.19. The molecule has 0 N–H and O–H groups in total. The van der Waals surface area contributed by atoms with Gasteiger partial charge in [0.1, 0.15) is 6.54 Å². The van der Waals surface area contributed by atoms with Gasteiger partial charge in [0.2, 0.25) is 0 Å². The van der Waals surface area contributed by atoms with Crippen LogP contribution in [-0.4, -0.2) is 76.3 Å². The summed E-state index contributed by atoms with van der Waals surface area (Å²) >= 11 is 0. The van der Waals surface area contributed by atoms with E-state index in [9.17, 15) is 13.0 Å². The smallest absolute Gasteiger partial charge is 0.102 e. The third kappa shape index (κ3) is 13.5. The predicted octanol–water partition coefficient (Wildman–Crippen LogP) is 1.61. The molecular formula is C15H33NO5S. The molecule has 0 aromatic rings. The molecule has 0 bridgehead atoms. The van der Waals surface area contributed by atoms with E-state index < -0.39 is 10.1 Å². The van der Waals surface area contributed by atoms with Gasteiger partial charge in [-0.1, -0.05) is 13.8 Å². The van der Waals surface area contributed by atoms with Crippen LogP contribution in [0.5, 0.6) is 0 Å². The first-order valence-electron chi connectivity index (χ1n) is 8.25. The van der Waals surface area contributed by atoms with Crippen LogP contribution in [0, 0.1) is 0 Å². The number of unbranched alkanes of at least 4 members (excludes halogenated alkanes) is 1. The van der Waals surface area contributed by atoms with Crippen LogP contribution >= 0.6 is 0 Å². The molecule has 0 fully saturated rings. The van der Waals surface area contributed by atoms with Crippen molar-refractivity contribution in [2.75, 3.05) is 58.9 Å². The Labute approximate surface area is 136 Å². The van der Waals surface area contributed by atoms with E-state index in [4.69, 9.17) is 9.47 Å². The van der Waals surface area contributed by atoms with Crippen LogP contribution in [0.3, 0.4) is 0 Å². The van der Waals surface area contributed by atoms with Crippen molar-refractivity contribution < 1.29 is 26.9 Å². The molecule has 0 aliphatic rings. The fourth-order valence-corrected chi connectivity index (χ4v) is 2.96. The fraction of sp³-hybridized carbons (Fsp3) is 1.00. The second-order valence-corrected chi connectivity index (χ2v) is 7.51. The van der Waals surface area contributed by atoms with E-state index in [-0.39, 0.29) is 5.75 Å². The molecule has 0 saturated heterocycles. The van der Waals surface area contributed by atoms with Gasteiger partial charge < -0.3 is 18.5 Å². The van der Waals surface area contributed by atoms with E-state index in [1.165, 1.54) is 0 Å². The van der Waals surface area contributed by atoms with Gasteiger partial charge in [-0.2, -0.15) is 0 Å². The standard InChI is InChI=1S/C15H33NO5S/c1-4-8-16(3,9-6-7-15-22(17,18)19)10-12-21-14-13-20-11-5-2/h4-15H2,1-3H3. The van der Waals surface area contributed by atoms with E-state index in [0.717, 1.165) is 50.0 Å². The lowest BCUT2D eigenvalue weighted by molar-refractivity contribution is -0.910. The zero-order valence-electron chi connectivity index (χ0n) is 14.4. The minimum atomic E-state index is -4.08. The molecule has 0 spiro atoms.